The quantitative estimate of drug-likeness (QED) is 0.744. The predicted molar refractivity (Wildman–Crippen MR) is 75.2 cm³/mol. The number of benzene rings is 1. The van der Waals surface area contributed by atoms with Gasteiger partial charge in [0, 0.05) is 18.8 Å². The second-order valence-electron chi connectivity index (χ2n) is 4.25. The van der Waals surface area contributed by atoms with Crippen LogP contribution >= 0.6 is 12.2 Å². The fourth-order valence-corrected chi connectivity index (χ4v) is 2.19. The molecule has 0 fully saturated rings. The number of aromatic nitrogens is 5. The van der Waals surface area contributed by atoms with Gasteiger partial charge < -0.3 is 0 Å². The lowest BCUT2D eigenvalue weighted by Crippen LogP contribution is -2.07. The van der Waals surface area contributed by atoms with Gasteiger partial charge in [-0.15, -0.1) is 0 Å². The molecule has 96 valence electrons. The smallest absolute Gasteiger partial charge is 0.195 e. The lowest BCUT2D eigenvalue weighted by atomic mass is 10.2. The highest BCUT2D eigenvalue weighted by Crippen LogP contribution is 2.17. The summed E-state index contributed by atoms with van der Waals surface area (Å²) in [7, 11) is 1.92. The number of nitrogens with zero attached hydrogens (tertiary/aromatic N) is 4. The summed E-state index contributed by atoms with van der Waals surface area (Å²) in [6, 6.07) is 12.0. The molecule has 0 radical (unpaired) electrons. The Morgan fingerprint density at radius 1 is 1.21 bits per heavy atom. The van der Waals surface area contributed by atoms with E-state index in [-0.39, 0.29) is 0 Å². The molecule has 0 aliphatic rings. The fraction of sp³-hybridized carbons (Fsp3) is 0.154. The molecule has 6 heteroatoms. The largest absolute Gasteiger partial charge is 0.294 e. The van der Waals surface area contributed by atoms with Crippen LogP contribution in [0.3, 0.4) is 0 Å². The van der Waals surface area contributed by atoms with Crippen LogP contribution in [0.1, 0.15) is 5.69 Å². The number of nitrogens with one attached hydrogen (secondary N) is 1. The van der Waals surface area contributed by atoms with Crippen molar-refractivity contribution < 1.29 is 0 Å². The van der Waals surface area contributed by atoms with Gasteiger partial charge in [-0.2, -0.15) is 10.2 Å². The summed E-state index contributed by atoms with van der Waals surface area (Å²) in [4.78, 5) is 0. The number of H-pyrrole nitrogens is 1. The highest BCUT2D eigenvalue weighted by molar-refractivity contribution is 7.71. The minimum atomic E-state index is 0.611. The Bertz CT molecular complexity index is 738. The highest BCUT2D eigenvalue weighted by atomic mass is 32.1. The number of aryl methyl sites for hydroxylation is 1. The van der Waals surface area contributed by atoms with Crippen LogP contribution in [0.15, 0.2) is 42.6 Å². The molecule has 0 bridgehead atoms. The Kier molecular flexibility index (Phi) is 3.00. The predicted octanol–water partition coefficient (Wildman–Crippen LogP) is 2.39. The van der Waals surface area contributed by atoms with Gasteiger partial charge in [0.1, 0.15) is 0 Å². The number of aromatic amines is 1. The zero-order valence-corrected chi connectivity index (χ0v) is 11.3. The summed E-state index contributed by atoms with van der Waals surface area (Å²) >= 11 is 5.30. The molecule has 0 unspecified atom stereocenters. The molecule has 0 saturated carbocycles. The average molecular weight is 271 g/mol. The van der Waals surface area contributed by atoms with Crippen LogP contribution in [-0.2, 0) is 13.6 Å². The molecule has 0 atom stereocenters. The Hall–Kier alpha value is -2.21. The molecule has 5 nitrogen and oxygen atoms in total. The highest BCUT2D eigenvalue weighted by Gasteiger charge is 2.10. The molecule has 3 rings (SSSR count). The summed E-state index contributed by atoms with van der Waals surface area (Å²) < 4.78 is 4.42. The van der Waals surface area contributed by atoms with Crippen LogP contribution in [-0.4, -0.2) is 24.5 Å². The molecule has 1 N–H and O–H groups in total. The molecule has 2 heterocycles. The van der Waals surface area contributed by atoms with Crippen molar-refractivity contribution in [2.24, 2.45) is 7.05 Å². The monoisotopic (exact) mass is 271 g/mol. The molecule has 0 aliphatic heterocycles. The van der Waals surface area contributed by atoms with E-state index in [9.17, 15) is 0 Å². The third kappa shape index (κ3) is 2.22. The van der Waals surface area contributed by atoms with Crippen molar-refractivity contribution in [1.82, 2.24) is 24.5 Å². The number of rotatable bonds is 3. The van der Waals surface area contributed by atoms with E-state index in [1.165, 1.54) is 0 Å². The second-order valence-corrected chi connectivity index (χ2v) is 4.64. The van der Waals surface area contributed by atoms with E-state index in [0.717, 1.165) is 17.1 Å². The van der Waals surface area contributed by atoms with Crippen LogP contribution in [0, 0.1) is 4.77 Å². The van der Waals surface area contributed by atoms with E-state index in [1.54, 1.807) is 6.20 Å². The van der Waals surface area contributed by atoms with Gasteiger partial charge in [0.25, 0.3) is 0 Å². The summed E-state index contributed by atoms with van der Waals surface area (Å²) in [5, 5.41) is 11.3. The van der Waals surface area contributed by atoms with Crippen LogP contribution in [0.4, 0.5) is 0 Å². The Morgan fingerprint density at radius 3 is 2.68 bits per heavy atom. The van der Waals surface area contributed by atoms with Crippen molar-refractivity contribution in [3.8, 4) is 11.4 Å². The summed E-state index contributed by atoms with van der Waals surface area (Å²) in [6.45, 7) is 0.649. The Balaban J connectivity index is 2.05. The first-order valence-electron chi connectivity index (χ1n) is 5.93. The molecule has 1 aromatic carbocycles. The van der Waals surface area contributed by atoms with E-state index >= 15 is 0 Å². The van der Waals surface area contributed by atoms with Crippen LogP contribution < -0.4 is 0 Å². The molecule has 2 aromatic heterocycles. The van der Waals surface area contributed by atoms with Gasteiger partial charge in [0.2, 0.25) is 0 Å². The first-order chi connectivity index (χ1) is 9.25. The second kappa shape index (κ2) is 4.81. The molecular weight excluding hydrogens is 258 g/mol. The maximum atomic E-state index is 5.30. The summed E-state index contributed by atoms with van der Waals surface area (Å²) in [6.07, 6.45) is 1.78. The molecule has 19 heavy (non-hydrogen) atoms. The van der Waals surface area contributed by atoms with Gasteiger partial charge in [-0.3, -0.25) is 14.3 Å². The number of hydrogen-bond acceptors (Lipinski definition) is 3. The summed E-state index contributed by atoms with van der Waals surface area (Å²) in [5.41, 5.74) is 2.12. The van der Waals surface area contributed by atoms with E-state index in [2.05, 4.69) is 15.3 Å². The average Bonchev–Trinajstić information content (AvgIpc) is 2.99. The Labute approximate surface area is 115 Å². The maximum Gasteiger partial charge on any atom is 0.195 e. The zero-order valence-electron chi connectivity index (χ0n) is 10.4. The van der Waals surface area contributed by atoms with Gasteiger partial charge >= 0.3 is 0 Å². The molecule has 0 saturated heterocycles. The zero-order chi connectivity index (χ0) is 13.2. The van der Waals surface area contributed by atoms with Crippen molar-refractivity contribution in [2.45, 2.75) is 6.54 Å². The van der Waals surface area contributed by atoms with E-state index in [4.69, 9.17) is 12.2 Å². The Morgan fingerprint density at radius 2 is 2.00 bits per heavy atom. The molecule has 0 aliphatic carbocycles. The molecule has 0 spiro atoms. The van der Waals surface area contributed by atoms with Crippen molar-refractivity contribution in [3.05, 3.63) is 53.1 Å². The van der Waals surface area contributed by atoms with Crippen molar-refractivity contribution in [1.29, 1.82) is 0 Å². The molecular formula is C13H13N5S. The van der Waals surface area contributed by atoms with E-state index in [1.807, 2.05) is 52.7 Å². The summed E-state index contributed by atoms with van der Waals surface area (Å²) in [5.74, 6) is 0.840. The van der Waals surface area contributed by atoms with Gasteiger partial charge in [-0.25, -0.2) is 0 Å². The van der Waals surface area contributed by atoms with Crippen molar-refractivity contribution >= 4 is 12.2 Å². The lowest BCUT2D eigenvalue weighted by molar-refractivity contribution is 0.664. The molecule has 0 amide bonds. The topological polar surface area (TPSA) is 51.4 Å². The SMILES string of the molecule is Cn1nccc1Cn1c(-c2ccccc2)n[nH]c1=S. The first kappa shape index (κ1) is 11.9. The van der Waals surface area contributed by atoms with Crippen LogP contribution in [0.5, 0.6) is 0 Å². The van der Waals surface area contributed by atoms with Crippen LogP contribution in [0.25, 0.3) is 11.4 Å². The normalized spacial score (nSPS) is 10.8. The van der Waals surface area contributed by atoms with Gasteiger partial charge in [0.05, 0.1) is 12.2 Å². The van der Waals surface area contributed by atoms with Crippen molar-refractivity contribution in [2.75, 3.05) is 0 Å². The van der Waals surface area contributed by atoms with E-state index in [0.29, 0.717) is 11.3 Å². The fourth-order valence-electron chi connectivity index (χ4n) is 1.99. The van der Waals surface area contributed by atoms with E-state index < -0.39 is 0 Å². The van der Waals surface area contributed by atoms with Gasteiger partial charge in [0.15, 0.2) is 10.6 Å². The van der Waals surface area contributed by atoms with Gasteiger partial charge in [-0.1, -0.05) is 30.3 Å². The van der Waals surface area contributed by atoms with Crippen molar-refractivity contribution in [3.63, 3.8) is 0 Å². The minimum absolute atomic E-state index is 0.611. The third-order valence-electron chi connectivity index (χ3n) is 3.03. The van der Waals surface area contributed by atoms with Gasteiger partial charge in [-0.05, 0) is 18.3 Å². The third-order valence-corrected chi connectivity index (χ3v) is 3.34. The maximum absolute atomic E-state index is 5.30. The standard InChI is InChI=1S/C13H13N5S/c1-17-11(7-8-14-17)9-18-12(15-16-13(18)19)10-5-3-2-4-6-10/h2-8H,9H2,1H3,(H,16,19). The lowest BCUT2D eigenvalue weighted by Gasteiger charge is -2.07. The number of hydrogen-bond donors (Lipinski definition) is 1. The minimum Gasteiger partial charge on any atom is -0.294 e. The first-order valence-corrected chi connectivity index (χ1v) is 6.34. The van der Waals surface area contributed by atoms with Crippen LogP contribution in [0.2, 0.25) is 0 Å². The molecule has 3 aromatic rings.